The van der Waals surface area contributed by atoms with Gasteiger partial charge in [-0.1, -0.05) is 54.7 Å². The average molecular weight is 403 g/mol. The zero-order chi connectivity index (χ0) is 18.5. The molecule has 0 saturated heterocycles. The van der Waals surface area contributed by atoms with Crippen molar-refractivity contribution in [1.82, 2.24) is 9.88 Å². The fourth-order valence-electron chi connectivity index (χ4n) is 2.84. The number of aromatic nitrogens is 1. The molecule has 3 nitrogen and oxygen atoms in total. The van der Waals surface area contributed by atoms with Crippen molar-refractivity contribution >= 4 is 23.7 Å². The maximum atomic E-state index is 6.09. The Morgan fingerprint density at radius 2 is 1.81 bits per heavy atom. The molecule has 27 heavy (non-hydrogen) atoms. The van der Waals surface area contributed by atoms with E-state index in [9.17, 15) is 0 Å². The second-order valence-electron chi connectivity index (χ2n) is 6.66. The maximum absolute atomic E-state index is 6.09. The summed E-state index contributed by atoms with van der Waals surface area (Å²) in [5.74, 6) is 0.893. The molecule has 0 bridgehead atoms. The highest BCUT2D eigenvalue weighted by atomic mass is 35.5. The fraction of sp³-hybridized carbons (Fsp3) is 0.318. The molecule has 3 aromatic rings. The largest absolute Gasteiger partial charge is 0.431 e. The van der Waals surface area contributed by atoms with Crippen LogP contribution in [0.3, 0.4) is 0 Å². The van der Waals surface area contributed by atoms with Gasteiger partial charge < -0.3 is 9.64 Å². The highest BCUT2D eigenvalue weighted by molar-refractivity contribution is 7.11. The van der Waals surface area contributed by atoms with E-state index < -0.39 is 0 Å². The minimum absolute atomic E-state index is 0. The van der Waals surface area contributed by atoms with Crippen molar-refractivity contribution in [2.45, 2.75) is 27.2 Å². The van der Waals surface area contributed by atoms with Crippen LogP contribution in [-0.4, -0.2) is 30.0 Å². The molecule has 0 radical (unpaired) electrons. The first-order chi connectivity index (χ1) is 12.6. The van der Waals surface area contributed by atoms with Crippen LogP contribution in [0, 0.1) is 13.8 Å². The number of rotatable bonds is 7. The Bertz CT molecular complexity index is 864. The van der Waals surface area contributed by atoms with E-state index in [1.807, 2.05) is 23.6 Å². The molecule has 0 saturated carbocycles. The van der Waals surface area contributed by atoms with Gasteiger partial charge in [0, 0.05) is 17.5 Å². The normalized spacial score (nSPS) is 10.7. The first kappa shape index (κ1) is 21.4. The standard InChI is InChI=1S/C22H26N2OS.ClH/c1-5-24(4)12-11-19-13-17(3)21(14-16(19)2)25-22-23-20(15-26-22)18-9-7-6-8-10-18;/h6-10,13-15H,5,11-12H2,1-4H3;1H. The van der Waals surface area contributed by atoms with Crippen LogP contribution in [0.5, 0.6) is 10.9 Å². The van der Waals surface area contributed by atoms with Crippen LogP contribution < -0.4 is 4.74 Å². The molecule has 0 N–H and O–H groups in total. The quantitative estimate of drug-likeness (QED) is 0.475. The van der Waals surface area contributed by atoms with Crippen LogP contribution in [0.1, 0.15) is 23.6 Å². The van der Waals surface area contributed by atoms with E-state index in [4.69, 9.17) is 4.74 Å². The van der Waals surface area contributed by atoms with Crippen molar-refractivity contribution in [3.05, 3.63) is 64.5 Å². The van der Waals surface area contributed by atoms with Gasteiger partial charge in [0.1, 0.15) is 5.75 Å². The van der Waals surface area contributed by atoms with Gasteiger partial charge in [-0.2, -0.15) is 0 Å². The van der Waals surface area contributed by atoms with Gasteiger partial charge in [0.05, 0.1) is 5.69 Å². The van der Waals surface area contributed by atoms with Gasteiger partial charge in [0.15, 0.2) is 0 Å². The summed E-state index contributed by atoms with van der Waals surface area (Å²) in [5, 5.41) is 2.73. The molecular weight excluding hydrogens is 376 g/mol. The molecular formula is C22H27ClN2OS. The zero-order valence-electron chi connectivity index (χ0n) is 16.4. The predicted octanol–water partition coefficient (Wildman–Crippen LogP) is 6.14. The molecule has 0 aliphatic rings. The number of benzene rings is 2. The molecule has 0 amide bonds. The van der Waals surface area contributed by atoms with Gasteiger partial charge in [-0.25, -0.2) is 4.98 Å². The first-order valence-electron chi connectivity index (χ1n) is 9.04. The molecule has 3 rings (SSSR count). The number of aryl methyl sites for hydroxylation is 2. The maximum Gasteiger partial charge on any atom is 0.279 e. The summed E-state index contributed by atoms with van der Waals surface area (Å²) < 4.78 is 6.09. The lowest BCUT2D eigenvalue weighted by molar-refractivity contribution is 0.357. The van der Waals surface area contributed by atoms with Crippen molar-refractivity contribution in [2.75, 3.05) is 20.1 Å². The van der Waals surface area contributed by atoms with Gasteiger partial charge in [-0.15, -0.1) is 12.4 Å². The van der Waals surface area contributed by atoms with Crippen LogP contribution in [0.2, 0.25) is 0 Å². The molecule has 0 fully saturated rings. The summed E-state index contributed by atoms with van der Waals surface area (Å²) >= 11 is 1.54. The van der Waals surface area contributed by atoms with E-state index in [0.717, 1.165) is 42.1 Å². The highest BCUT2D eigenvalue weighted by Gasteiger charge is 2.11. The third-order valence-electron chi connectivity index (χ3n) is 4.69. The highest BCUT2D eigenvalue weighted by Crippen LogP contribution is 2.32. The Labute approximate surface area is 172 Å². The Kier molecular flexibility index (Phi) is 7.84. The second-order valence-corrected chi connectivity index (χ2v) is 7.48. The van der Waals surface area contributed by atoms with E-state index in [1.54, 1.807) is 0 Å². The molecule has 5 heteroatoms. The van der Waals surface area contributed by atoms with Crippen molar-refractivity contribution in [2.24, 2.45) is 0 Å². The van der Waals surface area contributed by atoms with Crippen molar-refractivity contribution in [1.29, 1.82) is 0 Å². The lowest BCUT2D eigenvalue weighted by Gasteiger charge is -2.16. The lowest BCUT2D eigenvalue weighted by Crippen LogP contribution is -2.20. The van der Waals surface area contributed by atoms with Crippen molar-refractivity contribution in [3.8, 4) is 22.2 Å². The first-order valence-corrected chi connectivity index (χ1v) is 9.92. The van der Waals surface area contributed by atoms with Crippen LogP contribution in [-0.2, 0) is 6.42 Å². The molecule has 0 aliphatic carbocycles. The molecule has 0 atom stereocenters. The molecule has 1 heterocycles. The van der Waals surface area contributed by atoms with E-state index in [2.05, 4.69) is 62.0 Å². The van der Waals surface area contributed by atoms with Gasteiger partial charge in [-0.3, -0.25) is 0 Å². The molecule has 2 aromatic carbocycles. The van der Waals surface area contributed by atoms with Gasteiger partial charge in [0.2, 0.25) is 0 Å². The minimum Gasteiger partial charge on any atom is -0.431 e. The zero-order valence-corrected chi connectivity index (χ0v) is 18.0. The minimum atomic E-state index is 0. The van der Waals surface area contributed by atoms with E-state index >= 15 is 0 Å². The number of ether oxygens (including phenoxy) is 1. The second kappa shape index (κ2) is 9.88. The molecule has 0 aliphatic heterocycles. The summed E-state index contributed by atoms with van der Waals surface area (Å²) in [6.45, 7) is 8.60. The molecule has 0 spiro atoms. The number of nitrogens with zero attached hydrogens (tertiary/aromatic N) is 2. The van der Waals surface area contributed by atoms with E-state index in [0.29, 0.717) is 5.19 Å². The summed E-state index contributed by atoms with van der Waals surface area (Å²) in [6.07, 6.45) is 1.06. The number of halogens is 1. The summed E-state index contributed by atoms with van der Waals surface area (Å²) in [6, 6.07) is 14.6. The number of hydrogen-bond donors (Lipinski definition) is 0. The third kappa shape index (κ3) is 5.55. The smallest absolute Gasteiger partial charge is 0.279 e. The van der Waals surface area contributed by atoms with Crippen LogP contribution in [0.25, 0.3) is 11.3 Å². The lowest BCUT2D eigenvalue weighted by atomic mass is 10.0. The summed E-state index contributed by atoms with van der Waals surface area (Å²) in [4.78, 5) is 6.96. The molecule has 1 aromatic heterocycles. The average Bonchev–Trinajstić information content (AvgIpc) is 3.12. The van der Waals surface area contributed by atoms with E-state index in [-0.39, 0.29) is 12.4 Å². The van der Waals surface area contributed by atoms with Crippen molar-refractivity contribution < 1.29 is 4.74 Å². The monoisotopic (exact) mass is 402 g/mol. The number of likely N-dealkylation sites (N-methyl/N-ethyl adjacent to an activating group) is 1. The Morgan fingerprint density at radius 1 is 1.07 bits per heavy atom. The summed E-state index contributed by atoms with van der Waals surface area (Å²) in [7, 11) is 2.16. The predicted molar refractivity (Wildman–Crippen MR) is 118 cm³/mol. The Hall–Kier alpha value is -1.88. The third-order valence-corrected chi connectivity index (χ3v) is 5.40. The Morgan fingerprint density at radius 3 is 2.52 bits per heavy atom. The SMILES string of the molecule is CCN(C)CCc1cc(C)c(Oc2nc(-c3ccccc3)cs2)cc1C.Cl. The molecule has 0 unspecified atom stereocenters. The Balaban J connectivity index is 0.00000261. The fourth-order valence-corrected chi connectivity index (χ4v) is 3.53. The topological polar surface area (TPSA) is 25.4 Å². The van der Waals surface area contributed by atoms with Gasteiger partial charge >= 0.3 is 0 Å². The van der Waals surface area contributed by atoms with E-state index in [1.165, 1.54) is 22.5 Å². The van der Waals surface area contributed by atoms with Crippen LogP contribution in [0.4, 0.5) is 0 Å². The molecule has 144 valence electrons. The van der Waals surface area contributed by atoms with Gasteiger partial charge in [-0.05, 0) is 56.6 Å². The summed E-state index contributed by atoms with van der Waals surface area (Å²) in [5.41, 5.74) is 5.89. The van der Waals surface area contributed by atoms with Crippen molar-refractivity contribution in [3.63, 3.8) is 0 Å². The number of hydrogen-bond acceptors (Lipinski definition) is 4. The van der Waals surface area contributed by atoms with Crippen LogP contribution in [0.15, 0.2) is 47.8 Å². The van der Waals surface area contributed by atoms with Crippen LogP contribution >= 0.6 is 23.7 Å². The van der Waals surface area contributed by atoms with Gasteiger partial charge in [0.25, 0.3) is 5.19 Å². The number of thiazole rings is 1.